The topological polar surface area (TPSA) is 69.0 Å². The van der Waals surface area contributed by atoms with Crippen LogP contribution in [0.15, 0.2) is 73.1 Å². The summed E-state index contributed by atoms with van der Waals surface area (Å²) in [6.45, 7) is 3.64. The Labute approximate surface area is 227 Å². The first-order valence-electron chi connectivity index (χ1n) is 11.4. The van der Waals surface area contributed by atoms with E-state index in [2.05, 4.69) is 15.4 Å². The number of rotatable bonds is 7. The van der Waals surface area contributed by atoms with Gasteiger partial charge in [0.2, 0.25) is 0 Å². The molecule has 0 aliphatic rings. The van der Waals surface area contributed by atoms with E-state index in [0.29, 0.717) is 22.0 Å². The number of amides is 1. The van der Waals surface area contributed by atoms with Crippen molar-refractivity contribution in [2.24, 2.45) is 0 Å². The second-order valence-corrected chi connectivity index (χ2v) is 10.2. The molecule has 3 aromatic carbocycles. The fourth-order valence-corrected chi connectivity index (χ4v) is 4.92. The summed E-state index contributed by atoms with van der Waals surface area (Å²) in [6.07, 6.45) is 2.55. The molecule has 0 spiro atoms. The molecule has 0 aliphatic carbocycles. The summed E-state index contributed by atoms with van der Waals surface area (Å²) in [4.78, 5) is 17.8. The number of thiazole rings is 1. The molecule has 38 heavy (non-hydrogen) atoms. The SMILES string of the molecule is C.Cc1cnc(C(=O)N[C@@H](C)[C@H](Oc2ccc3c(cnn3-c3ccc(F)cc3)c2)c2cc(F)cc(Cl)c2)s1. The quantitative estimate of drug-likeness (QED) is 0.229. The smallest absolute Gasteiger partial charge is 0.280 e. The number of fused-ring (bicyclic) bond motifs is 1. The molecule has 0 fully saturated rings. The first-order valence-corrected chi connectivity index (χ1v) is 12.6. The highest BCUT2D eigenvalue weighted by atomic mass is 35.5. The lowest BCUT2D eigenvalue weighted by molar-refractivity contribution is 0.0881. The third-order valence-electron chi connectivity index (χ3n) is 5.72. The van der Waals surface area contributed by atoms with Gasteiger partial charge in [-0.3, -0.25) is 4.79 Å². The Morgan fingerprint density at radius 3 is 2.50 bits per heavy atom. The zero-order valence-electron chi connectivity index (χ0n) is 19.8. The Morgan fingerprint density at radius 1 is 1.05 bits per heavy atom. The molecule has 10 heteroatoms. The van der Waals surface area contributed by atoms with E-state index in [1.165, 1.54) is 35.6 Å². The van der Waals surface area contributed by atoms with Gasteiger partial charge in [0.05, 0.1) is 23.4 Å². The molecule has 5 rings (SSSR count). The van der Waals surface area contributed by atoms with Crippen molar-refractivity contribution in [1.29, 1.82) is 0 Å². The molecule has 196 valence electrons. The monoisotopic (exact) mass is 554 g/mol. The number of hydrogen-bond donors (Lipinski definition) is 1. The molecular formula is C28H25ClF2N4O2S. The molecule has 6 nitrogen and oxygen atoms in total. The summed E-state index contributed by atoms with van der Waals surface area (Å²) in [6, 6.07) is 15.0. The van der Waals surface area contributed by atoms with Gasteiger partial charge in [-0.25, -0.2) is 18.4 Å². The van der Waals surface area contributed by atoms with E-state index in [1.807, 2.05) is 13.0 Å². The van der Waals surface area contributed by atoms with Crippen LogP contribution in [0, 0.1) is 18.6 Å². The minimum atomic E-state index is -0.761. The van der Waals surface area contributed by atoms with Gasteiger partial charge in [0.1, 0.15) is 23.5 Å². The van der Waals surface area contributed by atoms with Gasteiger partial charge in [-0.2, -0.15) is 5.10 Å². The third-order valence-corrected chi connectivity index (χ3v) is 6.85. The molecule has 1 N–H and O–H groups in total. The van der Waals surface area contributed by atoms with Crippen LogP contribution in [0.4, 0.5) is 8.78 Å². The van der Waals surface area contributed by atoms with Gasteiger partial charge >= 0.3 is 0 Å². The van der Waals surface area contributed by atoms with E-state index >= 15 is 0 Å². The van der Waals surface area contributed by atoms with E-state index in [1.54, 1.807) is 54.3 Å². The Balaban J connectivity index is 0.00000336. The number of carbonyl (C=O) groups is 1. The molecule has 0 saturated carbocycles. The van der Waals surface area contributed by atoms with Gasteiger partial charge in [-0.1, -0.05) is 19.0 Å². The second-order valence-electron chi connectivity index (χ2n) is 8.53. The Bertz CT molecular complexity index is 1570. The zero-order chi connectivity index (χ0) is 26.1. The molecule has 0 unspecified atom stereocenters. The highest BCUT2D eigenvalue weighted by molar-refractivity contribution is 7.13. The molecule has 2 aromatic heterocycles. The number of hydrogen-bond acceptors (Lipinski definition) is 5. The van der Waals surface area contributed by atoms with Crippen LogP contribution < -0.4 is 10.1 Å². The molecule has 2 heterocycles. The Kier molecular flexibility index (Phi) is 8.08. The second kappa shape index (κ2) is 11.3. The normalized spacial score (nSPS) is 12.6. The molecule has 0 saturated heterocycles. The largest absolute Gasteiger partial charge is 0.484 e. The van der Waals surface area contributed by atoms with Crippen molar-refractivity contribution in [1.82, 2.24) is 20.1 Å². The van der Waals surface area contributed by atoms with Crippen LogP contribution >= 0.6 is 22.9 Å². The number of nitrogens with zero attached hydrogens (tertiary/aromatic N) is 3. The van der Waals surface area contributed by atoms with E-state index in [0.717, 1.165) is 15.8 Å². The van der Waals surface area contributed by atoms with Crippen molar-refractivity contribution >= 4 is 39.7 Å². The lowest BCUT2D eigenvalue weighted by Gasteiger charge is -2.26. The lowest BCUT2D eigenvalue weighted by Crippen LogP contribution is -2.39. The Hall–Kier alpha value is -3.82. The minimum absolute atomic E-state index is 0. The predicted octanol–water partition coefficient (Wildman–Crippen LogP) is 7.30. The molecule has 5 aromatic rings. The van der Waals surface area contributed by atoms with Crippen LogP contribution in [-0.2, 0) is 0 Å². The summed E-state index contributed by atoms with van der Waals surface area (Å²) in [7, 11) is 0. The number of ether oxygens (including phenoxy) is 1. The van der Waals surface area contributed by atoms with Crippen molar-refractivity contribution in [2.45, 2.75) is 33.4 Å². The van der Waals surface area contributed by atoms with E-state index in [4.69, 9.17) is 16.3 Å². The average molecular weight is 555 g/mol. The summed E-state index contributed by atoms with van der Waals surface area (Å²) in [5.41, 5.74) is 1.98. The van der Waals surface area contributed by atoms with Crippen molar-refractivity contribution in [3.05, 3.63) is 105 Å². The third kappa shape index (κ3) is 5.84. The standard InChI is InChI=1S/C27H21ClF2N4O2S.CH4/c1-15-13-31-27(37-15)26(35)33-16(2)25(17-9-19(28)12-21(30)10-17)36-23-7-8-24-18(11-23)14-32-34(24)22-5-3-20(29)4-6-22;/h3-14,16,25H,1-2H3,(H,33,35);1H4/t16-,25-;/m0./s1. The fraction of sp³-hybridized carbons (Fsp3) is 0.179. The van der Waals surface area contributed by atoms with Crippen LogP contribution in [0.3, 0.4) is 0 Å². The van der Waals surface area contributed by atoms with E-state index in [9.17, 15) is 13.6 Å². The van der Waals surface area contributed by atoms with Gasteiger partial charge in [-0.15, -0.1) is 11.3 Å². The summed E-state index contributed by atoms with van der Waals surface area (Å²) in [5.74, 6) is -0.702. The van der Waals surface area contributed by atoms with E-state index < -0.39 is 18.0 Å². The molecular weight excluding hydrogens is 530 g/mol. The van der Waals surface area contributed by atoms with Gasteiger partial charge < -0.3 is 10.1 Å². The van der Waals surface area contributed by atoms with Crippen LogP contribution in [0.1, 0.15) is 40.7 Å². The van der Waals surface area contributed by atoms with Gasteiger partial charge in [-0.05, 0) is 80.1 Å². The first-order chi connectivity index (χ1) is 17.8. The van der Waals surface area contributed by atoms with Crippen LogP contribution in [0.25, 0.3) is 16.6 Å². The predicted molar refractivity (Wildman–Crippen MR) is 146 cm³/mol. The zero-order valence-corrected chi connectivity index (χ0v) is 21.4. The van der Waals surface area contributed by atoms with Crippen LogP contribution in [0.2, 0.25) is 5.02 Å². The van der Waals surface area contributed by atoms with E-state index in [-0.39, 0.29) is 24.2 Å². The minimum Gasteiger partial charge on any atom is -0.484 e. The maximum atomic E-state index is 14.2. The molecule has 0 radical (unpaired) electrons. The van der Waals surface area contributed by atoms with Gasteiger partial charge in [0.25, 0.3) is 5.91 Å². The number of aryl methyl sites for hydroxylation is 1. The van der Waals surface area contributed by atoms with Crippen molar-refractivity contribution in [2.75, 3.05) is 0 Å². The Morgan fingerprint density at radius 2 is 1.82 bits per heavy atom. The van der Waals surface area contributed by atoms with Crippen molar-refractivity contribution in [3.8, 4) is 11.4 Å². The number of carbonyl (C=O) groups excluding carboxylic acids is 1. The maximum Gasteiger partial charge on any atom is 0.280 e. The van der Waals surface area contributed by atoms with Crippen molar-refractivity contribution in [3.63, 3.8) is 0 Å². The number of halogens is 3. The summed E-state index contributed by atoms with van der Waals surface area (Å²) in [5, 5.41) is 8.65. The van der Waals surface area contributed by atoms with Gasteiger partial charge in [0.15, 0.2) is 5.01 Å². The summed E-state index contributed by atoms with van der Waals surface area (Å²) < 4.78 is 35.6. The fourth-order valence-electron chi connectivity index (χ4n) is 4.02. The van der Waals surface area contributed by atoms with Crippen molar-refractivity contribution < 1.29 is 18.3 Å². The summed E-state index contributed by atoms with van der Waals surface area (Å²) >= 11 is 7.41. The molecule has 2 atom stereocenters. The highest BCUT2D eigenvalue weighted by Crippen LogP contribution is 2.31. The first kappa shape index (κ1) is 27.2. The van der Waals surface area contributed by atoms with Crippen LogP contribution in [0.5, 0.6) is 5.75 Å². The number of aromatic nitrogens is 3. The maximum absolute atomic E-state index is 14.2. The number of nitrogens with one attached hydrogen (secondary N) is 1. The highest BCUT2D eigenvalue weighted by Gasteiger charge is 2.26. The lowest BCUT2D eigenvalue weighted by atomic mass is 10.0. The molecule has 0 bridgehead atoms. The average Bonchev–Trinajstić information content (AvgIpc) is 3.48. The molecule has 0 aliphatic heterocycles. The van der Waals surface area contributed by atoms with Crippen LogP contribution in [-0.4, -0.2) is 26.7 Å². The molecule has 1 amide bonds. The number of benzene rings is 3. The van der Waals surface area contributed by atoms with Gasteiger partial charge in [0, 0.05) is 21.5 Å².